The molecule has 0 amide bonds. The Morgan fingerprint density at radius 3 is 2.64 bits per heavy atom. The van der Waals surface area contributed by atoms with E-state index in [1.165, 1.54) is 10.9 Å². The molecule has 1 saturated carbocycles. The molecule has 1 aliphatic rings. The molecule has 0 bridgehead atoms. The summed E-state index contributed by atoms with van der Waals surface area (Å²) >= 11 is 0. The first-order valence-corrected chi connectivity index (χ1v) is 10.9. The number of carbonyl (C=O) groups excluding carboxylic acids is 2. The first-order chi connectivity index (χ1) is 16.1. The van der Waals surface area contributed by atoms with Crippen molar-refractivity contribution in [3.8, 4) is 0 Å². The van der Waals surface area contributed by atoms with Crippen molar-refractivity contribution in [2.24, 2.45) is 0 Å². The molecular weight excluding hydrogens is 422 g/mol. The van der Waals surface area contributed by atoms with Crippen molar-refractivity contribution >= 4 is 17.6 Å². The normalized spacial score (nSPS) is 13.2. The monoisotopic (exact) mass is 445 g/mol. The van der Waals surface area contributed by atoms with Crippen LogP contribution in [0.25, 0.3) is 5.65 Å². The first-order valence-electron chi connectivity index (χ1n) is 10.9. The highest BCUT2D eigenvalue weighted by atomic mass is 16.5. The number of hydrogen-bond donors (Lipinski definition) is 0. The molecule has 1 fully saturated rings. The second-order valence-corrected chi connectivity index (χ2v) is 8.01. The molecule has 0 N–H and O–H groups in total. The lowest BCUT2D eigenvalue weighted by Crippen LogP contribution is -2.08. The van der Waals surface area contributed by atoms with E-state index < -0.39 is 5.97 Å². The summed E-state index contributed by atoms with van der Waals surface area (Å²) < 4.78 is 13.9. The van der Waals surface area contributed by atoms with E-state index in [1.807, 2.05) is 53.2 Å². The van der Waals surface area contributed by atoms with Gasteiger partial charge in [-0.3, -0.25) is 0 Å². The van der Waals surface area contributed by atoms with Crippen LogP contribution in [0.15, 0.2) is 55.0 Å². The van der Waals surface area contributed by atoms with Crippen LogP contribution in [0.4, 0.5) is 0 Å². The van der Waals surface area contributed by atoms with Gasteiger partial charge in [0, 0.05) is 12.4 Å². The second kappa shape index (κ2) is 8.85. The van der Waals surface area contributed by atoms with Gasteiger partial charge < -0.3 is 13.9 Å². The molecule has 4 aromatic rings. The Kier molecular flexibility index (Phi) is 5.60. The van der Waals surface area contributed by atoms with Crippen LogP contribution in [0.3, 0.4) is 0 Å². The molecule has 9 heteroatoms. The molecule has 3 aromatic heterocycles. The number of nitrogens with zero attached hydrogens (tertiary/aromatic N) is 5. The van der Waals surface area contributed by atoms with Gasteiger partial charge in [-0.25, -0.2) is 19.3 Å². The fourth-order valence-electron chi connectivity index (χ4n) is 3.68. The van der Waals surface area contributed by atoms with E-state index in [9.17, 15) is 9.59 Å². The lowest BCUT2D eigenvalue weighted by molar-refractivity contribution is 0.0464. The highest BCUT2D eigenvalue weighted by Crippen LogP contribution is 2.40. The zero-order chi connectivity index (χ0) is 22.8. The van der Waals surface area contributed by atoms with Gasteiger partial charge in [-0.1, -0.05) is 35.5 Å². The van der Waals surface area contributed by atoms with Gasteiger partial charge in [0.1, 0.15) is 12.2 Å². The quantitative estimate of drug-likeness (QED) is 0.383. The van der Waals surface area contributed by atoms with Gasteiger partial charge in [0.2, 0.25) is 0 Å². The average molecular weight is 445 g/mol. The number of pyridine rings is 1. The number of ether oxygens (including phenoxy) is 2. The third kappa shape index (κ3) is 4.62. The molecule has 168 valence electrons. The maximum absolute atomic E-state index is 12.5. The van der Waals surface area contributed by atoms with E-state index >= 15 is 0 Å². The van der Waals surface area contributed by atoms with Crippen molar-refractivity contribution in [1.29, 1.82) is 0 Å². The van der Waals surface area contributed by atoms with Crippen LogP contribution < -0.4 is 0 Å². The van der Waals surface area contributed by atoms with Crippen LogP contribution >= 0.6 is 0 Å². The summed E-state index contributed by atoms with van der Waals surface area (Å²) in [6.45, 7) is 2.54. The molecule has 0 unspecified atom stereocenters. The fraction of sp³-hybridized carbons (Fsp3) is 0.292. The highest BCUT2D eigenvalue weighted by molar-refractivity contribution is 5.96. The molecule has 1 aliphatic carbocycles. The van der Waals surface area contributed by atoms with Crippen LogP contribution in [0.5, 0.6) is 0 Å². The Labute approximate surface area is 190 Å². The smallest absolute Gasteiger partial charge is 0.360 e. The predicted octanol–water partition coefficient (Wildman–Crippen LogP) is 3.39. The number of benzene rings is 1. The summed E-state index contributed by atoms with van der Waals surface area (Å²) in [7, 11) is 0. The van der Waals surface area contributed by atoms with Crippen LogP contribution in [0.2, 0.25) is 0 Å². The van der Waals surface area contributed by atoms with E-state index in [0.717, 1.165) is 24.0 Å². The van der Waals surface area contributed by atoms with Crippen LogP contribution in [0.1, 0.15) is 63.4 Å². The van der Waals surface area contributed by atoms with E-state index in [1.54, 1.807) is 6.92 Å². The van der Waals surface area contributed by atoms with Crippen molar-refractivity contribution < 1.29 is 19.1 Å². The molecule has 0 radical (unpaired) electrons. The van der Waals surface area contributed by atoms with E-state index in [2.05, 4.69) is 15.3 Å². The maximum atomic E-state index is 12.5. The van der Waals surface area contributed by atoms with Gasteiger partial charge in [-0.05, 0) is 42.9 Å². The van der Waals surface area contributed by atoms with Gasteiger partial charge in [0.25, 0.3) is 0 Å². The van der Waals surface area contributed by atoms with Gasteiger partial charge in [0.15, 0.2) is 11.3 Å². The summed E-state index contributed by atoms with van der Waals surface area (Å²) in [6.07, 6.45) is 7.65. The largest absolute Gasteiger partial charge is 0.462 e. The van der Waals surface area contributed by atoms with Crippen molar-refractivity contribution in [2.45, 2.75) is 38.8 Å². The Morgan fingerprint density at radius 2 is 1.88 bits per heavy atom. The van der Waals surface area contributed by atoms with Crippen molar-refractivity contribution in [3.05, 3.63) is 83.1 Å². The molecule has 5 rings (SSSR count). The third-order valence-corrected chi connectivity index (χ3v) is 5.45. The molecule has 1 aromatic carbocycles. The Bertz CT molecular complexity index is 1310. The number of imidazole rings is 1. The molecule has 0 aliphatic heterocycles. The Hall–Kier alpha value is -4.01. The number of fused-ring (bicyclic) bond motifs is 1. The molecule has 33 heavy (non-hydrogen) atoms. The molecule has 3 heterocycles. The predicted molar refractivity (Wildman–Crippen MR) is 118 cm³/mol. The van der Waals surface area contributed by atoms with Gasteiger partial charge in [-0.2, -0.15) is 0 Å². The summed E-state index contributed by atoms with van der Waals surface area (Å²) in [5, 5.41) is 7.95. The zero-order valence-electron chi connectivity index (χ0n) is 18.2. The number of hydrogen-bond acceptors (Lipinski definition) is 7. The summed E-state index contributed by atoms with van der Waals surface area (Å²) in [4.78, 5) is 29.4. The molecule has 0 saturated heterocycles. The maximum Gasteiger partial charge on any atom is 0.360 e. The van der Waals surface area contributed by atoms with Crippen LogP contribution in [0, 0.1) is 0 Å². The fourth-order valence-corrected chi connectivity index (χ4v) is 3.68. The minimum absolute atomic E-state index is 0.123. The van der Waals surface area contributed by atoms with Gasteiger partial charge in [-0.15, -0.1) is 5.10 Å². The van der Waals surface area contributed by atoms with Gasteiger partial charge >= 0.3 is 11.9 Å². The van der Waals surface area contributed by atoms with E-state index in [0.29, 0.717) is 36.0 Å². The number of carbonyl (C=O) groups is 2. The molecule has 0 atom stereocenters. The zero-order valence-corrected chi connectivity index (χ0v) is 18.2. The summed E-state index contributed by atoms with van der Waals surface area (Å²) in [5.41, 5.74) is 3.80. The van der Waals surface area contributed by atoms with Crippen LogP contribution in [-0.4, -0.2) is 42.9 Å². The highest BCUT2D eigenvalue weighted by Gasteiger charge is 2.27. The van der Waals surface area contributed by atoms with E-state index in [4.69, 9.17) is 9.47 Å². The van der Waals surface area contributed by atoms with Crippen LogP contribution in [-0.2, 0) is 22.6 Å². The number of esters is 2. The second-order valence-electron chi connectivity index (χ2n) is 8.01. The number of aromatic nitrogens is 5. The third-order valence-electron chi connectivity index (χ3n) is 5.45. The topological polar surface area (TPSA) is 101 Å². The van der Waals surface area contributed by atoms with Crippen molar-refractivity contribution in [1.82, 2.24) is 24.4 Å². The number of rotatable bonds is 8. The van der Waals surface area contributed by atoms with Crippen molar-refractivity contribution in [3.63, 3.8) is 0 Å². The lowest BCUT2D eigenvalue weighted by atomic mass is 10.1. The van der Waals surface area contributed by atoms with Crippen molar-refractivity contribution in [2.75, 3.05) is 6.61 Å². The van der Waals surface area contributed by atoms with E-state index in [-0.39, 0.29) is 18.3 Å². The Morgan fingerprint density at radius 1 is 1.06 bits per heavy atom. The molecular formula is C24H23N5O4. The average Bonchev–Trinajstić information content (AvgIpc) is 3.44. The first kappa shape index (κ1) is 20.9. The SMILES string of the molecule is CCOC(=O)c1cc(C2CC2)cn2cc(Cn3cc(C(=O)OCc4ccccc4)nn3)nc12. The Balaban J connectivity index is 1.33. The lowest BCUT2D eigenvalue weighted by Gasteiger charge is -2.06. The summed E-state index contributed by atoms with van der Waals surface area (Å²) in [6, 6.07) is 11.3. The molecule has 0 spiro atoms. The minimum Gasteiger partial charge on any atom is -0.462 e. The summed E-state index contributed by atoms with van der Waals surface area (Å²) in [5.74, 6) is -0.446. The van der Waals surface area contributed by atoms with Gasteiger partial charge in [0.05, 0.1) is 25.0 Å². The minimum atomic E-state index is -0.543. The standard InChI is InChI=1S/C24H23N5O4/c1-2-32-23(30)20-10-18(17-8-9-17)11-28-12-19(25-22(20)28)13-29-14-21(26-27-29)24(31)33-15-16-6-4-3-5-7-16/h3-7,10-12,14,17H,2,8-9,13,15H2,1H3. The molecule has 9 nitrogen and oxygen atoms in total.